The second-order valence-electron chi connectivity index (χ2n) is 3.90. The molecule has 0 aromatic heterocycles. The van der Waals surface area contributed by atoms with E-state index in [1.165, 1.54) is 5.75 Å². The quantitative estimate of drug-likeness (QED) is 0.695. The molecule has 0 radical (unpaired) electrons. The van der Waals surface area contributed by atoms with Gasteiger partial charge in [-0.05, 0) is 29.3 Å². The van der Waals surface area contributed by atoms with E-state index in [1.807, 2.05) is 11.8 Å². The van der Waals surface area contributed by atoms with Gasteiger partial charge in [-0.25, -0.2) is 0 Å². The molecular formula is C10H22OS. The number of hydrogen-bond acceptors (Lipinski definition) is 2. The highest BCUT2D eigenvalue weighted by Crippen LogP contribution is 2.22. The summed E-state index contributed by atoms with van der Waals surface area (Å²) in [6.07, 6.45) is 0.956. The van der Waals surface area contributed by atoms with Crippen LogP contribution in [0.4, 0.5) is 0 Å². The number of rotatable bonds is 6. The summed E-state index contributed by atoms with van der Waals surface area (Å²) in [6.45, 7) is 9.26. The minimum absolute atomic E-state index is 0.335. The summed E-state index contributed by atoms with van der Waals surface area (Å²) in [5.41, 5.74) is 0. The summed E-state index contributed by atoms with van der Waals surface area (Å²) in [4.78, 5) is 0. The van der Waals surface area contributed by atoms with E-state index in [9.17, 15) is 0 Å². The molecule has 0 bridgehead atoms. The molecule has 0 heterocycles. The molecule has 12 heavy (non-hydrogen) atoms. The normalized spacial score (nSPS) is 14.2. The highest BCUT2D eigenvalue weighted by atomic mass is 32.2. The third-order valence-electron chi connectivity index (χ3n) is 2.09. The van der Waals surface area contributed by atoms with Gasteiger partial charge < -0.3 is 5.11 Å². The standard InChI is InChI=1S/C10H22OS/c1-8(2)10(5-6-11)7-12-9(3)4/h8-11H,5-7H2,1-4H3. The largest absolute Gasteiger partial charge is 0.396 e. The summed E-state index contributed by atoms with van der Waals surface area (Å²) in [7, 11) is 0. The van der Waals surface area contributed by atoms with Gasteiger partial charge in [-0.15, -0.1) is 0 Å². The molecular weight excluding hydrogens is 168 g/mol. The lowest BCUT2D eigenvalue weighted by Crippen LogP contribution is -2.14. The van der Waals surface area contributed by atoms with Crippen LogP contribution in [0.1, 0.15) is 34.1 Å². The van der Waals surface area contributed by atoms with E-state index in [1.54, 1.807) is 0 Å². The van der Waals surface area contributed by atoms with Crippen LogP contribution in [0, 0.1) is 11.8 Å². The van der Waals surface area contributed by atoms with Crippen LogP contribution in [-0.4, -0.2) is 22.7 Å². The molecule has 0 aliphatic heterocycles. The van der Waals surface area contributed by atoms with Crippen molar-refractivity contribution in [3.8, 4) is 0 Å². The van der Waals surface area contributed by atoms with Gasteiger partial charge in [0.25, 0.3) is 0 Å². The fraction of sp³-hybridized carbons (Fsp3) is 1.00. The first kappa shape index (κ1) is 12.3. The Morgan fingerprint density at radius 1 is 1.17 bits per heavy atom. The van der Waals surface area contributed by atoms with Gasteiger partial charge >= 0.3 is 0 Å². The van der Waals surface area contributed by atoms with Crippen LogP contribution in [-0.2, 0) is 0 Å². The first-order valence-corrected chi connectivity index (χ1v) is 5.85. The Hall–Kier alpha value is 0.310. The van der Waals surface area contributed by atoms with E-state index in [0.717, 1.165) is 6.42 Å². The van der Waals surface area contributed by atoms with Gasteiger partial charge in [-0.1, -0.05) is 27.7 Å². The number of hydrogen-bond donors (Lipinski definition) is 1. The second kappa shape index (κ2) is 6.79. The number of aliphatic hydroxyl groups excluding tert-OH is 1. The molecule has 1 atom stereocenters. The monoisotopic (exact) mass is 190 g/mol. The zero-order chi connectivity index (χ0) is 9.56. The molecule has 0 rings (SSSR count). The van der Waals surface area contributed by atoms with Crippen molar-refractivity contribution in [1.82, 2.24) is 0 Å². The van der Waals surface area contributed by atoms with Crippen molar-refractivity contribution in [3.05, 3.63) is 0 Å². The summed E-state index contributed by atoms with van der Waals surface area (Å²) >= 11 is 2.00. The van der Waals surface area contributed by atoms with Crippen LogP contribution in [0.2, 0.25) is 0 Å². The van der Waals surface area contributed by atoms with Crippen LogP contribution < -0.4 is 0 Å². The first-order valence-electron chi connectivity index (χ1n) is 4.80. The SMILES string of the molecule is CC(C)SCC(CCO)C(C)C. The van der Waals surface area contributed by atoms with Gasteiger partial charge in [0.1, 0.15) is 0 Å². The molecule has 0 aromatic rings. The van der Waals surface area contributed by atoms with Crippen molar-refractivity contribution < 1.29 is 5.11 Å². The Kier molecular flexibility index (Phi) is 6.96. The molecule has 0 spiro atoms. The molecule has 0 saturated heterocycles. The Bertz CT molecular complexity index is 102. The van der Waals surface area contributed by atoms with Crippen molar-refractivity contribution in [2.24, 2.45) is 11.8 Å². The smallest absolute Gasteiger partial charge is 0.0434 e. The molecule has 0 aliphatic rings. The van der Waals surface area contributed by atoms with Gasteiger partial charge in [0.15, 0.2) is 0 Å². The van der Waals surface area contributed by atoms with Gasteiger partial charge in [-0.2, -0.15) is 11.8 Å². The van der Waals surface area contributed by atoms with Crippen LogP contribution in [0.3, 0.4) is 0 Å². The minimum Gasteiger partial charge on any atom is -0.396 e. The fourth-order valence-electron chi connectivity index (χ4n) is 1.09. The maximum Gasteiger partial charge on any atom is 0.0434 e. The zero-order valence-corrected chi connectivity index (χ0v) is 9.53. The average Bonchev–Trinajstić information content (AvgIpc) is 1.96. The number of thioether (sulfide) groups is 1. The predicted octanol–water partition coefficient (Wildman–Crippen LogP) is 2.78. The molecule has 0 aliphatic carbocycles. The summed E-state index contributed by atoms with van der Waals surface area (Å²) < 4.78 is 0. The predicted molar refractivity (Wildman–Crippen MR) is 57.6 cm³/mol. The molecule has 0 aromatic carbocycles. The van der Waals surface area contributed by atoms with Gasteiger partial charge in [-0.3, -0.25) is 0 Å². The fourth-order valence-corrected chi connectivity index (χ4v) is 2.27. The summed E-state index contributed by atoms with van der Waals surface area (Å²) in [5, 5.41) is 9.55. The lowest BCUT2D eigenvalue weighted by molar-refractivity contribution is 0.243. The van der Waals surface area contributed by atoms with E-state index < -0.39 is 0 Å². The van der Waals surface area contributed by atoms with Crippen LogP contribution in [0.5, 0.6) is 0 Å². The third-order valence-corrected chi connectivity index (χ3v) is 3.37. The van der Waals surface area contributed by atoms with E-state index in [-0.39, 0.29) is 0 Å². The minimum atomic E-state index is 0.335. The molecule has 1 unspecified atom stereocenters. The molecule has 0 amide bonds. The maximum absolute atomic E-state index is 8.84. The lowest BCUT2D eigenvalue weighted by atomic mass is 9.95. The Morgan fingerprint density at radius 3 is 2.08 bits per heavy atom. The highest BCUT2D eigenvalue weighted by Gasteiger charge is 2.13. The molecule has 0 saturated carbocycles. The second-order valence-corrected chi connectivity index (χ2v) is 5.51. The van der Waals surface area contributed by atoms with Crippen LogP contribution in [0.15, 0.2) is 0 Å². The number of aliphatic hydroxyl groups is 1. The van der Waals surface area contributed by atoms with Crippen molar-refractivity contribution >= 4 is 11.8 Å². The maximum atomic E-state index is 8.84. The van der Waals surface area contributed by atoms with Crippen LogP contribution >= 0.6 is 11.8 Å². The molecule has 2 heteroatoms. The van der Waals surface area contributed by atoms with Crippen LogP contribution in [0.25, 0.3) is 0 Å². The summed E-state index contributed by atoms with van der Waals surface area (Å²) in [5.74, 6) is 2.57. The zero-order valence-electron chi connectivity index (χ0n) is 8.71. The van der Waals surface area contributed by atoms with E-state index in [2.05, 4.69) is 27.7 Å². The van der Waals surface area contributed by atoms with E-state index in [4.69, 9.17) is 5.11 Å². The molecule has 1 N–H and O–H groups in total. The van der Waals surface area contributed by atoms with Gasteiger partial charge in [0.05, 0.1) is 0 Å². The lowest BCUT2D eigenvalue weighted by Gasteiger charge is -2.20. The topological polar surface area (TPSA) is 20.2 Å². The molecule has 74 valence electrons. The Labute approximate surface area is 80.9 Å². The third kappa shape index (κ3) is 5.90. The average molecular weight is 190 g/mol. The van der Waals surface area contributed by atoms with Crippen molar-refractivity contribution in [1.29, 1.82) is 0 Å². The summed E-state index contributed by atoms with van der Waals surface area (Å²) in [6, 6.07) is 0. The van der Waals surface area contributed by atoms with Crippen molar-refractivity contribution in [2.45, 2.75) is 39.4 Å². The van der Waals surface area contributed by atoms with E-state index >= 15 is 0 Å². The van der Waals surface area contributed by atoms with E-state index in [0.29, 0.717) is 23.7 Å². The van der Waals surface area contributed by atoms with Gasteiger partial charge in [0.2, 0.25) is 0 Å². The highest BCUT2D eigenvalue weighted by molar-refractivity contribution is 7.99. The van der Waals surface area contributed by atoms with Crippen molar-refractivity contribution in [2.75, 3.05) is 12.4 Å². The Morgan fingerprint density at radius 2 is 1.75 bits per heavy atom. The molecule has 1 nitrogen and oxygen atoms in total. The molecule has 0 fully saturated rings. The Balaban J connectivity index is 3.63. The van der Waals surface area contributed by atoms with Gasteiger partial charge in [0, 0.05) is 6.61 Å². The first-order chi connectivity index (χ1) is 5.57. The van der Waals surface area contributed by atoms with Crippen molar-refractivity contribution in [3.63, 3.8) is 0 Å².